The summed E-state index contributed by atoms with van der Waals surface area (Å²) in [5, 5.41) is 6.66. The highest BCUT2D eigenvalue weighted by molar-refractivity contribution is 14.1. The standard InChI is InChI=1S/C14H19IN4S/c1-16-14(18-8-11-19-9-2-3-10-19)17-7-6-12-4-5-13(15)20-12/h2-5,9-10H,6-8,11H2,1H3,(H2,16,17,18). The lowest BCUT2D eigenvalue weighted by molar-refractivity contribution is 0.665. The minimum absolute atomic E-state index is 0.864. The summed E-state index contributed by atoms with van der Waals surface area (Å²) in [6.07, 6.45) is 5.17. The number of hydrogen-bond donors (Lipinski definition) is 2. The number of thiophene rings is 1. The second-order valence-electron chi connectivity index (χ2n) is 4.30. The van der Waals surface area contributed by atoms with E-state index in [0.717, 1.165) is 32.0 Å². The fraction of sp³-hybridized carbons (Fsp3) is 0.357. The van der Waals surface area contributed by atoms with Crippen LogP contribution in [-0.2, 0) is 13.0 Å². The second-order valence-corrected chi connectivity index (χ2v) is 7.36. The molecular formula is C14H19IN4S. The van der Waals surface area contributed by atoms with Crippen LogP contribution in [-0.4, -0.2) is 30.7 Å². The van der Waals surface area contributed by atoms with Crippen LogP contribution in [0, 0.1) is 2.88 Å². The molecule has 2 aromatic heterocycles. The van der Waals surface area contributed by atoms with E-state index in [-0.39, 0.29) is 0 Å². The molecule has 2 rings (SSSR count). The Bertz CT molecular complexity index is 533. The normalized spacial score (nSPS) is 11.6. The molecular weight excluding hydrogens is 383 g/mol. The van der Waals surface area contributed by atoms with Crippen LogP contribution in [0.3, 0.4) is 0 Å². The van der Waals surface area contributed by atoms with Gasteiger partial charge >= 0.3 is 0 Å². The van der Waals surface area contributed by atoms with Crippen molar-refractivity contribution in [3.05, 3.63) is 44.4 Å². The lowest BCUT2D eigenvalue weighted by Gasteiger charge is -2.11. The van der Waals surface area contributed by atoms with Crippen LogP contribution in [0.5, 0.6) is 0 Å². The number of nitrogens with one attached hydrogen (secondary N) is 2. The number of nitrogens with zero attached hydrogens (tertiary/aromatic N) is 2. The van der Waals surface area contributed by atoms with Crippen molar-refractivity contribution in [2.75, 3.05) is 20.1 Å². The largest absolute Gasteiger partial charge is 0.356 e. The highest BCUT2D eigenvalue weighted by Crippen LogP contribution is 2.18. The van der Waals surface area contributed by atoms with Gasteiger partial charge in [-0.25, -0.2) is 0 Å². The van der Waals surface area contributed by atoms with Gasteiger partial charge in [-0.1, -0.05) is 0 Å². The third kappa shape index (κ3) is 5.16. The van der Waals surface area contributed by atoms with E-state index < -0.39 is 0 Å². The summed E-state index contributed by atoms with van der Waals surface area (Å²) in [6.45, 7) is 2.71. The summed E-state index contributed by atoms with van der Waals surface area (Å²) in [6, 6.07) is 8.42. The first-order chi connectivity index (χ1) is 9.78. The number of halogens is 1. The van der Waals surface area contributed by atoms with Gasteiger partial charge in [0.05, 0.1) is 2.88 Å². The molecule has 4 nitrogen and oxygen atoms in total. The summed E-state index contributed by atoms with van der Waals surface area (Å²) >= 11 is 4.20. The van der Waals surface area contributed by atoms with E-state index >= 15 is 0 Å². The van der Waals surface area contributed by atoms with Gasteiger partial charge in [-0.05, 0) is 53.3 Å². The molecule has 0 atom stereocenters. The zero-order chi connectivity index (χ0) is 14.2. The molecule has 0 fully saturated rings. The van der Waals surface area contributed by atoms with Crippen molar-refractivity contribution in [1.82, 2.24) is 15.2 Å². The number of aliphatic imine (C=N–C) groups is 1. The van der Waals surface area contributed by atoms with Crippen molar-refractivity contribution in [2.45, 2.75) is 13.0 Å². The Labute approximate surface area is 137 Å². The molecule has 2 aromatic rings. The molecule has 0 unspecified atom stereocenters. The first-order valence-corrected chi connectivity index (χ1v) is 8.47. The summed E-state index contributed by atoms with van der Waals surface area (Å²) < 4.78 is 3.49. The number of rotatable bonds is 6. The van der Waals surface area contributed by atoms with Gasteiger partial charge in [0.15, 0.2) is 5.96 Å². The topological polar surface area (TPSA) is 41.4 Å². The van der Waals surface area contributed by atoms with Gasteiger partial charge in [0.2, 0.25) is 0 Å². The molecule has 0 bridgehead atoms. The van der Waals surface area contributed by atoms with Gasteiger partial charge in [-0.2, -0.15) is 0 Å². The minimum Gasteiger partial charge on any atom is -0.356 e. The Balaban J connectivity index is 1.65. The molecule has 20 heavy (non-hydrogen) atoms. The van der Waals surface area contributed by atoms with Gasteiger partial charge < -0.3 is 15.2 Å². The molecule has 108 valence electrons. The number of aromatic nitrogens is 1. The average Bonchev–Trinajstić information content (AvgIpc) is 3.09. The molecule has 0 saturated carbocycles. The molecule has 0 aliphatic rings. The molecule has 2 heterocycles. The van der Waals surface area contributed by atoms with E-state index in [2.05, 4.69) is 67.3 Å². The van der Waals surface area contributed by atoms with E-state index in [4.69, 9.17) is 0 Å². The lowest BCUT2D eigenvalue weighted by Crippen LogP contribution is -2.39. The van der Waals surface area contributed by atoms with Gasteiger partial charge in [-0.15, -0.1) is 11.3 Å². The maximum Gasteiger partial charge on any atom is 0.191 e. The molecule has 0 aliphatic heterocycles. The monoisotopic (exact) mass is 402 g/mol. The van der Waals surface area contributed by atoms with E-state index in [9.17, 15) is 0 Å². The van der Waals surface area contributed by atoms with Gasteiger partial charge in [-0.3, -0.25) is 4.99 Å². The first-order valence-electron chi connectivity index (χ1n) is 6.57. The van der Waals surface area contributed by atoms with E-state index in [1.165, 1.54) is 7.76 Å². The summed E-state index contributed by atoms with van der Waals surface area (Å²) in [7, 11) is 1.80. The molecule has 2 N–H and O–H groups in total. The molecule has 0 saturated heterocycles. The molecule has 0 aliphatic carbocycles. The van der Waals surface area contributed by atoms with E-state index in [1.54, 1.807) is 7.05 Å². The third-order valence-corrected chi connectivity index (χ3v) is 4.80. The Morgan fingerprint density at radius 1 is 1.25 bits per heavy atom. The predicted molar refractivity (Wildman–Crippen MR) is 94.5 cm³/mol. The van der Waals surface area contributed by atoms with Gasteiger partial charge in [0.1, 0.15) is 0 Å². The smallest absolute Gasteiger partial charge is 0.191 e. The number of hydrogen-bond acceptors (Lipinski definition) is 2. The molecule has 0 spiro atoms. The van der Waals surface area contributed by atoms with Crippen molar-refractivity contribution in [2.24, 2.45) is 4.99 Å². The molecule has 0 aromatic carbocycles. The molecule has 0 amide bonds. The van der Waals surface area contributed by atoms with Crippen molar-refractivity contribution < 1.29 is 0 Å². The quantitative estimate of drug-likeness (QED) is 0.443. The van der Waals surface area contributed by atoms with Crippen molar-refractivity contribution in [1.29, 1.82) is 0 Å². The Morgan fingerprint density at radius 2 is 2.00 bits per heavy atom. The van der Waals surface area contributed by atoms with Gasteiger partial charge in [0.25, 0.3) is 0 Å². The summed E-state index contributed by atoms with van der Waals surface area (Å²) in [4.78, 5) is 5.64. The maximum absolute atomic E-state index is 4.23. The highest BCUT2D eigenvalue weighted by Gasteiger charge is 2.00. The Hall–Kier alpha value is -1.02. The fourth-order valence-corrected chi connectivity index (χ4v) is 3.59. The average molecular weight is 402 g/mol. The van der Waals surface area contributed by atoms with Crippen LogP contribution in [0.4, 0.5) is 0 Å². The maximum atomic E-state index is 4.23. The zero-order valence-electron chi connectivity index (χ0n) is 11.5. The third-order valence-electron chi connectivity index (χ3n) is 2.84. The van der Waals surface area contributed by atoms with Crippen LogP contribution in [0.1, 0.15) is 4.88 Å². The van der Waals surface area contributed by atoms with Crippen LogP contribution >= 0.6 is 33.9 Å². The van der Waals surface area contributed by atoms with E-state index in [1.807, 2.05) is 23.5 Å². The Morgan fingerprint density at radius 3 is 2.65 bits per heavy atom. The van der Waals surface area contributed by atoms with Gasteiger partial charge in [0, 0.05) is 44.0 Å². The first kappa shape index (κ1) is 15.4. The Kier molecular flexibility index (Phi) is 6.38. The van der Waals surface area contributed by atoms with E-state index in [0.29, 0.717) is 0 Å². The second kappa shape index (κ2) is 8.31. The fourth-order valence-electron chi connectivity index (χ4n) is 1.83. The highest BCUT2D eigenvalue weighted by atomic mass is 127. The van der Waals surface area contributed by atoms with Crippen LogP contribution in [0.2, 0.25) is 0 Å². The predicted octanol–water partition coefficient (Wildman–Crippen LogP) is 2.56. The summed E-state index contributed by atoms with van der Waals surface area (Å²) in [5.41, 5.74) is 0. The zero-order valence-corrected chi connectivity index (χ0v) is 14.4. The van der Waals surface area contributed by atoms with Crippen molar-refractivity contribution in [3.8, 4) is 0 Å². The van der Waals surface area contributed by atoms with Crippen molar-refractivity contribution >= 4 is 39.9 Å². The van der Waals surface area contributed by atoms with Crippen molar-refractivity contribution in [3.63, 3.8) is 0 Å². The van der Waals surface area contributed by atoms with Crippen LogP contribution in [0.15, 0.2) is 41.7 Å². The number of guanidine groups is 1. The SMILES string of the molecule is CN=C(NCCc1ccc(I)s1)NCCn1cccc1. The molecule has 0 radical (unpaired) electrons. The van der Waals surface area contributed by atoms with Crippen LogP contribution in [0.25, 0.3) is 0 Å². The lowest BCUT2D eigenvalue weighted by atomic mass is 10.3. The van der Waals surface area contributed by atoms with Crippen LogP contribution < -0.4 is 10.6 Å². The molecule has 6 heteroatoms. The summed E-state index contributed by atoms with van der Waals surface area (Å²) in [5.74, 6) is 0.864. The minimum atomic E-state index is 0.864.